The minimum absolute atomic E-state index is 0.111. The van der Waals surface area contributed by atoms with Crippen molar-refractivity contribution in [3.05, 3.63) is 84.8 Å². The van der Waals surface area contributed by atoms with E-state index in [2.05, 4.69) is 10.3 Å². The topological polar surface area (TPSA) is 68.3 Å². The van der Waals surface area contributed by atoms with Gasteiger partial charge >= 0.3 is 0 Å². The Bertz CT molecular complexity index is 1000. The number of carbonyl (C=O) groups is 1. The summed E-state index contributed by atoms with van der Waals surface area (Å²) in [6, 6.07) is 23.2. The number of carbonyl (C=O) groups excluding carboxylic acids is 1. The Morgan fingerprint density at radius 1 is 1.00 bits per heavy atom. The maximum atomic E-state index is 12.3. The zero-order chi connectivity index (χ0) is 20.1. The fourth-order valence-corrected chi connectivity index (χ4v) is 3.59. The third-order valence-corrected chi connectivity index (χ3v) is 5.19. The molecule has 2 aromatic heterocycles. The summed E-state index contributed by atoms with van der Waals surface area (Å²) in [4.78, 5) is 17.0. The third-order valence-electron chi connectivity index (χ3n) is 4.36. The molecule has 1 N–H and O–H groups in total. The number of aromatic nitrogens is 1. The first kappa shape index (κ1) is 19.1. The van der Waals surface area contributed by atoms with Crippen molar-refractivity contribution in [1.82, 2.24) is 10.3 Å². The molecule has 0 saturated carbocycles. The fraction of sp³-hybridized carbons (Fsp3) is 0.130. The molecule has 1 atom stereocenters. The minimum Gasteiger partial charge on any atom is -0.467 e. The number of thioether (sulfide) groups is 1. The van der Waals surface area contributed by atoms with Crippen molar-refractivity contribution >= 4 is 17.7 Å². The zero-order valence-corrected chi connectivity index (χ0v) is 16.7. The van der Waals surface area contributed by atoms with E-state index in [0.717, 1.165) is 22.6 Å². The van der Waals surface area contributed by atoms with Crippen LogP contribution < -0.4 is 5.32 Å². The van der Waals surface area contributed by atoms with E-state index in [0.29, 0.717) is 11.0 Å². The van der Waals surface area contributed by atoms with E-state index in [4.69, 9.17) is 8.83 Å². The van der Waals surface area contributed by atoms with Gasteiger partial charge in [0.25, 0.3) is 5.22 Å². The van der Waals surface area contributed by atoms with E-state index in [-0.39, 0.29) is 17.7 Å². The smallest absolute Gasteiger partial charge is 0.257 e. The summed E-state index contributed by atoms with van der Waals surface area (Å²) in [5.41, 5.74) is 2.68. The summed E-state index contributed by atoms with van der Waals surface area (Å²) in [5.74, 6) is 1.51. The lowest BCUT2D eigenvalue weighted by Crippen LogP contribution is -2.27. The van der Waals surface area contributed by atoms with Gasteiger partial charge in [-0.1, -0.05) is 72.4 Å². The van der Waals surface area contributed by atoms with Crippen LogP contribution in [-0.4, -0.2) is 16.6 Å². The van der Waals surface area contributed by atoms with E-state index in [1.807, 2.05) is 73.7 Å². The third kappa shape index (κ3) is 4.60. The van der Waals surface area contributed by atoms with Crippen LogP contribution in [0.2, 0.25) is 0 Å². The van der Waals surface area contributed by atoms with Crippen LogP contribution >= 0.6 is 11.8 Å². The van der Waals surface area contributed by atoms with E-state index < -0.39 is 0 Å². The van der Waals surface area contributed by atoms with Crippen molar-refractivity contribution in [2.75, 3.05) is 5.75 Å². The van der Waals surface area contributed by atoms with Gasteiger partial charge in [0.05, 0.1) is 18.1 Å². The van der Waals surface area contributed by atoms with Crippen LogP contribution in [0.4, 0.5) is 0 Å². The van der Waals surface area contributed by atoms with Gasteiger partial charge in [-0.25, -0.2) is 4.98 Å². The summed E-state index contributed by atoms with van der Waals surface area (Å²) >= 11 is 1.27. The van der Waals surface area contributed by atoms with E-state index in [1.54, 1.807) is 12.3 Å². The standard InChI is InChI=1S/C23H20N2O3S/c1-16(19-13-8-14-27-19)24-20(26)15-29-23-25-21(17-9-4-2-5-10-17)22(28-23)18-11-6-3-7-12-18/h2-14,16H,15H2,1H3,(H,24,26)/t16-/m0/s1. The first-order valence-corrected chi connectivity index (χ1v) is 10.3. The highest BCUT2D eigenvalue weighted by Gasteiger charge is 2.18. The van der Waals surface area contributed by atoms with Crippen molar-refractivity contribution in [3.63, 3.8) is 0 Å². The average Bonchev–Trinajstić information content (AvgIpc) is 3.44. The van der Waals surface area contributed by atoms with E-state index in [1.165, 1.54) is 11.8 Å². The van der Waals surface area contributed by atoms with Crippen LogP contribution in [0.3, 0.4) is 0 Å². The normalized spacial score (nSPS) is 11.9. The Morgan fingerprint density at radius 2 is 1.69 bits per heavy atom. The number of benzene rings is 2. The molecule has 0 saturated heterocycles. The molecular weight excluding hydrogens is 384 g/mol. The Hall–Kier alpha value is -3.25. The Kier molecular flexibility index (Phi) is 5.81. The van der Waals surface area contributed by atoms with Crippen molar-refractivity contribution in [3.8, 4) is 22.6 Å². The molecule has 6 heteroatoms. The number of hydrogen-bond donors (Lipinski definition) is 1. The van der Waals surface area contributed by atoms with Crippen LogP contribution in [0.25, 0.3) is 22.6 Å². The summed E-state index contributed by atoms with van der Waals surface area (Å²) in [5, 5.41) is 3.38. The van der Waals surface area contributed by atoms with Gasteiger partial charge in [-0.15, -0.1) is 0 Å². The zero-order valence-electron chi connectivity index (χ0n) is 15.9. The fourth-order valence-electron chi connectivity index (χ4n) is 2.96. The summed E-state index contributed by atoms with van der Waals surface area (Å²) < 4.78 is 11.4. The number of furan rings is 1. The van der Waals surface area contributed by atoms with Crippen molar-refractivity contribution in [2.24, 2.45) is 0 Å². The molecule has 1 amide bonds. The highest BCUT2D eigenvalue weighted by Crippen LogP contribution is 2.35. The molecule has 4 rings (SSSR count). The molecule has 0 aliphatic heterocycles. The highest BCUT2D eigenvalue weighted by molar-refractivity contribution is 7.99. The monoisotopic (exact) mass is 404 g/mol. The van der Waals surface area contributed by atoms with Gasteiger partial charge in [-0.3, -0.25) is 4.79 Å². The van der Waals surface area contributed by atoms with Gasteiger partial charge in [-0.05, 0) is 19.1 Å². The number of hydrogen-bond acceptors (Lipinski definition) is 5. The molecule has 5 nitrogen and oxygen atoms in total. The van der Waals surface area contributed by atoms with Crippen LogP contribution in [0.15, 0.2) is 93.1 Å². The van der Waals surface area contributed by atoms with Crippen LogP contribution in [0.1, 0.15) is 18.7 Å². The Morgan fingerprint density at radius 3 is 2.34 bits per heavy atom. The summed E-state index contributed by atoms with van der Waals surface area (Å²) in [7, 11) is 0. The summed E-state index contributed by atoms with van der Waals surface area (Å²) in [6.45, 7) is 1.88. The molecule has 0 spiro atoms. The van der Waals surface area contributed by atoms with Gasteiger partial charge in [0.15, 0.2) is 5.76 Å². The first-order chi connectivity index (χ1) is 14.2. The predicted octanol–water partition coefficient (Wildman–Crippen LogP) is 5.57. The molecule has 0 unspecified atom stereocenters. The molecule has 146 valence electrons. The van der Waals surface area contributed by atoms with Crippen molar-refractivity contribution in [2.45, 2.75) is 18.2 Å². The lowest BCUT2D eigenvalue weighted by atomic mass is 10.1. The van der Waals surface area contributed by atoms with Gasteiger partial charge < -0.3 is 14.2 Å². The Balaban J connectivity index is 1.51. The minimum atomic E-state index is -0.192. The lowest BCUT2D eigenvalue weighted by Gasteiger charge is -2.10. The highest BCUT2D eigenvalue weighted by atomic mass is 32.2. The van der Waals surface area contributed by atoms with Gasteiger partial charge in [0, 0.05) is 11.1 Å². The molecule has 2 heterocycles. The maximum Gasteiger partial charge on any atom is 0.257 e. The number of nitrogens with one attached hydrogen (secondary N) is 1. The molecule has 29 heavy (non-hydrogen) atoms. The predicted molar refractivity (Wildman–Crippen MR) is 113 cm³/mol. The van der Waals surface area contributed by atoms with E-state index >= 15 is 0 Å². The second-order valence-electron chi connectivity index (χ2n) is 6.48. The van der Waals surface area contributed by atoms with Gasteiger partial charge in [-0.2, -0.15) is 0 Å². The van der Waals surface area contributed by atoms with Crippen LogP contribution in [0, 0.1) is 0 Å². The van der Waals surface area contributed by atoms with Gasteiger partial charge in [0.1, 0.15) is 11.5 Å². The second kappa shape index (κ2) is 8.84. The molecule has 0 aliphatic rings. The SMILES string of the molecule is C[C@H](NC(=O)CSc1nc(-c2ccccc2)c(-c2ccccc2)o1)c1ccco1. The first-order valence-electron chi connectivity index (χ1n) is 9.28. The molecule has 0 fully saturated rings. The molecule has 0 bridgehead atoms. The molecule has 0 radical (unpaired) electrons. The quantitative estimate of drug-likeness (QED) is 0.408. The van der Waals surface area contributed by atoms with Crippen molar-refractivity contribution < 1.29 is 13.6 Å². The second-order valence-corrected chi connectivity index (χ2v) is 7.41. The maximum absolute atomic E-state index is 12.3. The molecule has 0 aliphatic carbocycles. The van der Waals surface area contributed by atoms with E-state index in [9.17, 15) is 4.79 Å². The average molecular weight is 404 g/mol. The van der Waals surface area contributed by atoms with Crippen LogP contribution in [-0.2, 0) is 4.79 Å². The largest absolute Gasteiger partial charge is 0.467 e. The Labute approximate surface area is 173 Å². The molecule has 4 aromatic rings. The molecular formula is C23H20N2O3S. The van der Waals surface area contributed by atoms with Gasteiger partial charge in [0.2, 0.25) is 5.91 Å². The lowest BCUT2D eigenvalue weighted by molar-refractivity contribution is -0.119. The number of rotatable bonds is 7. The molecule has 2 aromatic carbocycles. The number of nitrogens with zero attached hydrogens (tertiary/aromatic N) is 1. The number of oxazole rings is 1. The van der Waals surface area contributed by atoms with Crippen molar-refractivity contribution in [1.29, 1.82) is 0 Å². The number of amides is 1. The summed E-state index contributed by atoms with van der Waals surface area (Å²) in [6.07, 6.45) is 1.59. The van der Waals surface area contributed by atoms with Crippen LogP contribution in [0.5, 0.6) is 0 Å².